The Labute approximate surface area is 146 Å². The van der Waals surface area contributed by atoms with Gasteiger partial charge in [0.25, 0.3) is 0 Å². The lowest BCUT2D eigenvalue weighted by Crippen LogP contribution is -2.21. The smallest absolute Gasteiger partial charge is 0.237 e. The van der Waals surface area contributed by atoms with E-state index in [4.69, 9.17) is 0 Å². The molecular formula is C18H13F2N3OS. The van der Waals surface area contributed by atoms with Crippen LogP contribution in [0.15, 0.2) is 60.7 Å². The average molecular weight is 357 g/mol. The van der Waals surface area contributed by atoms with Crippen LogP contribution >= 0.6 is 0 Å². The van der Waals surface area contributed by atoms with Gasteiger partial charge in [0.05, 0.1) is 16.1 Å². The van der Waals surface area contributed by atoms with Crippen molar-refractivity contribution in [1.29, 1.82) is 0 Å². The number of hydrogen-bond donors (Lipinski definition) is 0. The zero-order chi connectivity index (χ0) is 17.4. The molecule has 1 aliphatic rings. The molecule has 3 aromatic rings. The second-order valence-corrected chi connectivity index (χ2v) is 6.47. The number of alkyl halides is 2. The Morgan fingerprint density at radius 2 is 1.68 bits per heavy atom. The van der Waals surface area contributed by atoms with Crippen molar-refractivity contribution in [1.82, 2.24) is 14.8 Å². The molecule has 0 bridgehead atoms. The summed E-state index contributed by atoms with van der Waals surface area (Å²) in [5, 5.41) is 4.08. The van der Waals surface area contributed by atoms with Gasteiger partial charge in [0.1, 0.15) is 11.9 Å². The van der Waals surface area contributed by atoms with Crippen LogP contribution in [0.2, 0.25) is 0 Å². The van der Waals surface area contributed by atoms with Gasteiger partial charge in [0.15, 0.2) is 0 Å². The second kappa shape index (κ2) is 6.00. The molecule has 0 fully saturated rings. The summed E-state index contributed by atoms with van der Waals surface area (Å²) in [6.07, 6.45) is 0.242. The molecule has 7 heteroatoms. The fourth-order valence-corrected chi connectivity index (χ4v) is 3.53. The van der Waals surface area contributed by atoms with Crippen molar-refractivity contribution >= 4 is 16.1 Å². The highest BCUT2D eigenvalue weighted by Gasteiger charge is 2.42. The first-order valence-corrected chi connectivity index (χ1v) is 8.45. The first kappa shape index (κ1) is 15.8. The predicted octanol–water partition coefficient (Wildman–Crippen LogP) is 2.95. The normalized spacial score (nSPS) is 16.7. The topological polar surface area (TPSA) is 47.8 Å². The minimum atomic E-state index is -3.29. The van der Waals surface area contributed by atoms with E-state index in [0.29, 0.717) is 21.9 Å². The van der Waals surface area contributed by atoms with Crippen LogP contribution in [0.1, 0.15) is 28.8 Å². The van der Waals surface area contributed by atoms with Crippen molar-refractivity contribution in [3.63, 3.8) is 0 Å². The van der Waals surface area contributed by atoms with Crippen LogP contribution < -0.4 is 0 Å². The highest BCUT2D eigenvalue weighted by molar-refractivity contribution is 7.66. The van der Waals surface area contributed by atoms with Crippen molar-refractivity contribution in [2.24, 2.45) is 0 Å². The number of halogens is 2. The number of benzene rings is 2. The maximum absolute atomic E-state index is 14.7. The Balaban J connectivity index is 1.80. The zero-order valence-electron chi connectivity index (χ0n) is 13.0. The van der Waals surface area contributed by atoms with Crippen molar-refractivity contribution < 1.29 is 13.0 Å². The van der Waals surface area contributed by atoms with Crippen LogP contribution in [0.4, 0.5) is 8.78 Å². The van der Waals surface area contributed by atoms with Crippen molar-refractivity contribution in [2.45, 2.75) is 18.4 Å². The summed E-state index contributed by atoms with van der Waals surface area (Å²) in [5.41, 5.74) is 0.678. The number of hydrogen-bond acceptors (Lipinski definition) is 3. The third-order valence-electron chi connectivity index (χ3n) is 4.22. The van der Waals surface area contributed by atoms with Gasteiger partial charge >= 0.3 is 5.92 Å². The molecule has 25 heavy (non-hydrogen) atoms. The minimum absolute atomic E-state index is 0.155. The van der Waals surface area contributed by atoms with E-state index in [2.05, 4.69) is 10.1 Å². The summed E-state index contributed by atoms with van der Waals surface area (Å²) >= 11 is 0.385. The fraction of sp³-hybridized carbons (Fsp3) is 0.167. The molecule has 4 nitrogen and oxygen atoms in total. The Morgan fingerprint density at radius 3 is 2.32 bits per heavy atom. The summed E-state index contributed by atoms with van der Waals surface area (Å²) in [5.74, 6) is -3.44. The largest absolute Gasteiger partial charge is 0.333 e. The number of nitrogens with zero attached hydrogens (tertiary/aromatic N) is 3. The summed E-state index contributed by atoms with van der Waals surface area (Å²) in [6, 6.07) is 16.3. The lowest BCUT2D eigenvalue weighted by atomic mass is 10.1. The van der Waals surface area contributed by atoms with E-state index in [9.17, 15) is 13.0 Å². The summed E-state index contributed by atoms with van der Waals surface area (Å²) in [7, 11) is 0. The fourth-order valence-electron chi connectivity index (χ4n) is 3.02. The highest BCUT2D eigenvalue weighted by atomic mass is 32.1. The minimum Gasteiger partial charge on any atom is -0.237 e. The maximum Gasteiger partial charge on any atom is 0.333 e. The van der Waals surface area contributed by atoms with E-state index < -0.39 is 17.8 Å². The molecule has 2 aromatic carbocycles. The van der Waals surface area contributed by atoms with E-state index in [0.717, 1.165) is 5.56 Å². The average Bonchev–Trinajstić information content (AvgIpc) is 3.21. The molecule has 1 aromatic heterocycles. The van der Waals surface area contributed by atoms with Gasteiger partial charge in [-0.05, 0) is 5.56 Å². The van der Waals surface area contributed by atoms with Gasteiger partial charge in [-0.3, -0.25) is 0 Å². The molecule has 4 rings (SSSR count). The summed E-state index contributed by atoms with van der Waals surface area (Å²) in [6.45, 7) is 0. The number of rotatable bonds is 3. The SMILES string of the molecule is O=S=C1Cc2nc(C(F)(F)c3ccccc3)nn2C1c1ccccc1. The Kier molecular flexibility index (Phi) is 3.80. The molecule has 1 unspecified atom stereocenters. The molecule has 126 valence electrons. The summed E-state index contributed by atoms with van der Waals surface area (Å²) < 4.78 is 42.4. The lowest BCUT2D eigenvalue weighted by Gasteiger charge is -2.15. The Hall–Kier alpha value is -2.67. The first-order valence-electron chi connectivity index (χ1n) is 7.71. The predicted molar refractivity (Wildman–Crippen MR) is 90.9 cm³/mol. The molecule has 1 aliphatic heterocycles. The number of aromatic nitrogens is 3. The third kappa shape index (κ3) is 2.60. The van der Waals surface area contributed by atoms with Crippen LogP contribution in [-0.2, 0) is 23.6 Å². The van der Waals surface area contributed by atoms with Gasteiger partial charge in [0.2, 0.25) is 5.82 Å². The molecule has 0 amide bonds. The molecule has 0 aliphatic carbocycles. The van der Waals surface area contributed by atoms with Crippen LogP contribution in [0, 0.1) is 0 Å². The van der Waals surface area contributed by atoms with E-state index in [1.807, 2.05) is 30.3 Å². The number of fused-ring (bicyclic) bond motifs is 1. The molecule has 0 saturated carbocycles. The van der Waals surface area contributed by atoms with Crippen LogP contribution in [0.25, 0.3) is 0 Å². The molecular weight excluding hydrogens is 344 g/mol. The van der Waals surface area contributed by atoms with Crippen molar-refractivity contribution in [3.8, 4) is 0 Å². The third-order valence-corrected chi connectivity index (χ3v) is 4.80. The maximum atomic E-state index is 14.7. The summed E-state index contributed by atoms with van der Waals surface area (Å²) in [4.78, 5) is 4.65. The monoisotopic (exact) mass is 357 g/mol. The molecule has 2 heterocycles. The van der Waals surface area contributed by atoms with Crippen LogP contribution in [0.5, 0.6) is 0 Å². The van der Waals surface area contributed by atoms with Crippen LogP contribution in [0.3, 0.4) is 0 Å². The van der Waals surface area contributed by atoms with E-state index in [1.54, 1.807) is 18.2 Å². The quantitative estimate of drug-likeness (QED) is 0.677. The van der Waals surface area contributed by atoms with Crippen LogP contribution in [-0.4, -0.2) is 23.8 Å². The molecule has 1 atom stereocenters. The van der Waals surface area contributed by atoms with Gasteiger partial charge < -0.3 is 0 Å². The van der Waals surface area contributed by atoms with Gasteiger partial charge in [-0.1, -0.05) is 60.7 Å². The van der Waals surface area contributed by atoms with Gasteiger partial charge in [-0.2, -0.15) is 8.78 Å². The Bertz CT molecular complexity index is 967. The van der Waals surface area contributed by atoms with Gasteiger partial charge in [-0.25, -0.2) is 13.9 Å². The van der Waals surface area contributed by atoms with E-state index in [1.165, 1.54) is 16.8 Å². The van der Waals surface area contributed by atoms with Gasteiger partial charge in [-0.15, -0.1) is 5.10 Å². The Morgan fingerprint density at radius 1 is 1.04 bits per heavy atom. The van der Waals surface area contributed by atoms with Crippen molar-refractivity contribution in [3.05, 3.63) is 83.4 Å². The molecule has 0 N–H and O–H groups in total. The molecule has 0 saturated heterocycles. The highest BCUT2D eigenvalue weighted by Crippen LogP contribution is 2.36. The first-order chi connectivity index (χ1) is 12.1. The van der Waals surface area contributed by atoms with E-state index in [-0.39, 0.29) is 12.0 Å². The molecule has 0 spiro atoms. The molecule has 0 radical (unpaired) electrons. The zero-order valence-corrected chi connectivity index (χ0v) is 13.8. The standard InChI is InChI=1S/C18H13F2N3OS/c19-18(20,13-9-5-2-6-10-13)17-21-15-11-14(25-24)16(23(15)22-17)12-7-3-1-4-8-12/h1-10,16H,11H2. The lowest BCUT2D eigenvalue weighted by molar-refractivity contribution is 0.0326. The second-order valence-electron chi connectivity index (χ2n) is 5.78. The van der Waals surface area contributed by atoms with Gasteiger partial charge in [0, 0.05) is 12.0 Å². The van der Waals surface area contributed by atoms with E-state index >= 15 is 0 Å². The van der Waals surface area contributed by atoms with Crippen molar-refractivity contribution in [2.75, 3.05) is 0 Å².